The highest BCUT2D eigenvalue weighted by atomic mass is 32.2. The maximum Gasteiger partial charge on any atom is 0.239 e. The Kier molecular flexibility index (Phi) is 3.99. The molecule has 1 aliphatic heterocycles. The van der Waals surface area contributed by atoms with Gasteiger partial charge in [0.05, 0.1) is 12.8 Å². The molecule has 0 amide bonds. The summed E-state index contributed by atoms with van der Waals surface area (Å²) in [6, 6.07) is 2.53. The van der Waals surface area contributed by atoms with Crippen LogP contribution in [0.2, 0.25) is 0 Å². The Hall–Kier alpha value is -1.10. The fourth-order valence-electron chi connectivity index (χ4n) is 1.95. The van der Waals surface area contributed by atoms with Gasteiger partial charge in [0, 0.05) is 32.1 Å². The number of ether oxygens (including phenoxy) is 1. The van der Waals surface area contributed by atoms with E-state index in [1.807, 2.05) is 31.9 Å². The number of hydrogen-bond donors (Lipinski definition) is 1. The Morgan fingerprint density at radius 3 is 2.94 bits per heavy atom. The minimum absolute atomic E-state index is 0.525. The third kappa shape index (κ3) is 2.77. The number of thioether (sulfide) groups is 1. The summed E-state index contributed by atoms with van der Waals surface area (Å²) in [5.41, 5.74) is 2.13. The van der Waals surface area contributed by atoms with E-state index >= 15 is 0 Å². The largest absolute Gasteiger partial charge is 0.479 e. The van der Waals surface area contributed by atoms with Crippen LogP contribution in [0, 0.1) is 0 Å². The van der Waals surface area contributed by atoms with E-state index in [2.05, 4.69) is 15.2 Å². The first-order valence-electron chi connectivity index (χ1n) is 5.77. The van der Waals surface area contributed by atoms with Crippen molar-refractivity contribution in [3.63, 3.8) is 0 Å². The number of methoxy groups -OCH3 is 1. The van der Waals surface area contributed by atoms with Crippen molar-refractivity contribution in [3.8, 4) is 5.88 Å². The van der Waals surface area contributed by atoms with E-state index < -0.39 is 0 Å². The lowest BCUT2D eigenvalue weighted by atomic mass is 10.2. The smallest absolute Gasteiger partial charge is 0.239 e. The van der Waals surface area contributed by atoms with E-state index in [0.29, 0.717) is 11.9 Å². The van der Waals surface area contributed by atoms with Crippen molar-refractivity contribution >= 4 is 23.1 Å². The van der Waals surface area contributed by atoms with Gasteiger partial charge in [0.25, 0.3) is 0 Å². The standard InChI is InChI=1S/C12H19N3OS/c1-15(2)10-4-6-13-12(16-3)11(10)14-9-5-7-17-8-9/h4,6,9,14H,5,7-8H2,1-3H3. The molecule has 0 bridgehead atoms. The maximum atomic E-state index is 5.34. The number of nitrogens with one attached hydrogen (secondary N) is 1. The van der Waals surface area contributed by atoms with Gasteiger partial charge in [-0.2, -0.15) is 11.8 Å². The zero-order valence-electron chi connectivity index (χ0n) is 10.6. The first-order chi connectivity index (χ1) is 8.22. The fourth-order valence-corrected chi connectivity index (χ4v) is 3.10. The summed E-state index contributed by atoms with van der Waals surface area (Å²) in [6.45, 7) is 0. The molecule has 0 aromatic carbocycles. The van der Waals surface area contributed by atoms with Gasteiger partial charge in [-0.25, -0.2) is 4.98 Å². The molecule has 4 nitrogen and oxygen atoms in total. The maximum absolute atomic E-state index is 5.34. The van der Waals surface area contributed by atoms with Gasteiger partial charge in [-0.1, -0.05) is 0 Å². The van der Waals surface area contributed by atoms with E-state index in [1.54, 1.807) is 13.3 Å². The van der Waals surface area contributed by atoms with E-state index in [4.69, 9.17) is 4.74 Å². The summed E-state index contributed by atoms with van der Waals surface area (Å²) in [7, 11) is 5.73. The predicted octanol–water partition coefficient (Wildman–Crippen LogP) is 2.07. The highest BCUT2D eigenvalue weighted by Crippen LogP contribution is 2.34. The molecule has 0 aliphatic carbocycles. The SMILES string of the molecule is COc1nccc(N(C)C)c1NC1CCSC1. The summed E-state index contributed by atoms with van der Waals surface area (Å²) >= 11 is 1.99. The number of hydrogen-bond acceptors (Lipinski definition) is 5. The van der Waals surface area contributed by atoms with Crippen LogP contribution in [0.4, 0.5) is 11.4 Å². The molecule has 0 spiro atoms. The van der Waals surface area contributed by atoms with Crippen LogP contribution >= 0.6 is 11.8 Å². The Morgan fingerprint density at radius 2 is 2.35 bits per heavy atom. The van der Waals surface area contributed by atoms with Crippen LogP contribution in [0.15, 0.2) is 12.3 Å². The third-order valence-electron chi connectivity index (χ3n) is 2.85. The topological polar surface area (TPSA) is 37.4 Å². The number of nitrogens with zero attached hydrogens (tertiary/aromatic N) is 2. The molecule has 1 aliphatic rings. The molecular formula is C12H19N3OS. The first-order valence-corrected chi connectivity index (χ1v) is 6.92. The van der Waals surface area contributed by atoms with Gasteiger partial charge in [0.2, 0.25) is 5.88 Å². The molecule has 1 aromatic rings. The van der Waals surface area contributed by atoms with Crippen LogP contribution in [0.25, 0.3) is 0 Å². The van der Waals surface area contributed by atoms with E-state index in [-0.39, 0.29) is 0 Å². The van der Waals surface area contributed by atoms with Crippen molar-refractivity contribution in [2.24, 2.45) is 0 Å². The second kappa shape index (κ2) is 5.49. The highest BCUT2D eigenvalue weighted by Gasteiger charge is 2.20. The summed E-state index contributed by atoms with van der Waals surface area (Å²) in [6.07, 6.45) is 2.98. The molecule has 5 heteroatoms. The molecule has 17 heavy (non-hydrogen) atoms. The quantitative estimate of drug-likeness (QED) is 0.889. The molecular weight excluding hydrogens is 234 g/mol. The summed E-state index contributed by atoms with van der Waals surface area (Å²) in [5, 5.41) is 3.56. The van der Waals surface area contributed by atoms with Gasteiger partial charge in [0.1, 0.15) is 5.69 Å². The zero-order valence-corrected chi connectivity index (χ0v) is 11.4. The van der Waals surface area contributed by atoms with Gasteiger partial charge >= 0.3 is 0 Å². The third-order valence-corrected chi connectivity index (χ3v) is 4.01. The van der Waals surface area contributed by atoms with Crippen molar-refractivity contribution in [2.45, 2.75) is 12.5 Å². The molecule has 1 fully saturated rings. The van der Waals surface area contributed by atoms with Crippen LogP contribution in [0.5, 0.6) is 5.88 Å². The highest BCUT2D eigenvalue weighted by molar-refractivity contribution is 7.99. The Labute approximate surface area is 107 Å². The molecule has 2 rings (SSSR count). The van der Waals surface area contributed by atoms with Crippen LogP contribution in [-0.2, 0) is 0 Å². The molecule has 94 valence electrons. The van der Waals surface area contributed by atoms with Gasteiger partial charge in [-0.05, 0) is 18.2 Å². The number of pyridine rings is 1. The molecule has 2 heterocycles. The van der Waals surface area contributed by atoms with Crippen molar-refractivity contribution in [2.75, 3.05) is 42.9 Å². The Balaban J connectivity index is 2.27. The Morgan fingerprint density at radius 1 is 1.53 bits per heavy atom. The van der Waals surface area contributed by atoms with Gasteiger partial charge < -0.3 is 15.0 Å². The second-order valence-electron chi connectivity index (χ2n) is 4.31. The lowest BCUT2D eigenvalue weighted by molar-refractivity contribution is 0.399. The fraction of sp³-hybridized carbons (Fsp3) is 0.583. The van der Waals surface area contributed by atoms with Crippen molar-refractivity contribution in [3.05, 3.63) is 12.3 Å². The van der Waals surface area contributed by atoms with E-state index in [1.165, 1.54) is 12.2 Å². The predicted molar refractivity (Wildman–Crippen MR) is 74.5 cm³/mol. The summed E-state index contributed by atoms with van der Waals surface area (Å²) < 4.78 is 5.34. The average molecular weight is 253 g/mol. The van der Waals surface area contributed by atoms with Crippen molar-refractivity contribution in [1.82, 2.24) is 4.98 Å². The lowest BCUT2D eigenvalue weighted by Crippen LogP contribution is -2.21. The summed E-state index contributed by atoms with van der Waals surface area (Å²) in [5.74, 6) is 3.07. The molecule has 1 saturated heterocycles. The van der Waals surface area contributed by atoms with Crippen LogP contribution in [0.1, 0.15) is 6.42 Å². The normalized spacial score (nSPS) is 19.1. The van der Waals surface area contributed by atoms with Gasteiger partial charge in [-0.15, -0.1) is 0 Å². The van der Waals surface area contributed by atoms with Gasteiger partial charge in [0.15, 0.2) is 0 Å². The molecule has 0 saturated carbocycles. The first kappa shape index (κ1) is 12.4. The number of rotatable bonds is 4. The van der Waals surface area contributed by atoms with Gasteiger partial charge in [-0.3, -0.25) is 0 Å². The molecule has 1 aromatic heterocycles. The van der Waals surface area contributed by atoms with Crippen LogP contribution in [0.3, 0.4) is 0 Å². The molecule has 0 radical (unpaired) electrons. The Bertz CT molecular complexity index is 378. The van der Waals surface area contributed by atoms with Crippen molar-refractivity contribution in [1.29, 1.82) is 0 Å². The number of anilines is 2. The second-order valence-corrected chi connectivity index (χ2v) is 5.46. The average Bonchev–Trinajstić information content (AvgIpc) is 2.82. The number of aromatic nitrogens is 1. The zero-order chi connectivity index (χ0) is 12.3. The lowest BCUT2D eigenvalue weighted by Gasteiger charge is -2.22. The minimum Gasteiger partial charge on any atom is -0.479 e. The summed E-state index contributed by atoms with van der Waals surface area (Å²) in [4.78, 5) is 6.34. The van der Waals surface area contributed by atoms with E-state index in [0.717, 1.165) is 17.1 Å². The molecule has 1 unspecified atom stereocenters. The molecule has 1 N–H and O–H groups in total. The van der Waals surface area contributed by atoms with Crippen molar-refractivity contribution < 1.29 is 4.74 Å². The van der Waals surface area contributed by atoms with E-state index in [9.17, 15) is 0 Å². The monoisotopic (exact) mass is 253 g/mol. The van der Waals surface area contributed by atoms with Crippen LogP contribution < -0.4 is 15.0 Å². The molecule has 1 atom stereocenters. The van der Waals surface area contributed by atoms with Crippen LogP contribution in [-0.4, -0.2) is 43.7 Å². The minimum atomic E-state index is 0.525.